The molecule has 1 aliphatic heterocycles. The van der Waals surface area contributed by atoms with Crippen LogP contribution in [0.5, 0.6) is 0 Å². The van der Waals surface area contributed by atoms with Crippen molar-refractivity contribution in [2.75, 3.05) is 26.2 Å². The molecule has 0 saturated carbocycles. The molecule has 120 valence electrons. The fraction of sp³-hybridized carbons (Fsp3) is 0.333. The van der Waals surface area contributed by atoms with E-state index in [0.29, 0.717) is 32.6 Å². The van der Waals surface area contributed by atoms with Gasteiger partial charge in [-0.25, -0.2) is 0 Å². The first-order valence-electron chi connectivity index (χ1n) is 7.80. The molecule has 23 heavy (non-hydrogen) atoms. The van der Waals surface area contributed by atoms with Gasteiger partial charge in [0.15, 0.2) is 0 Å². The Bertz CT molecular complexity index is 689. The molecule has 4 nitrogen and oxygen atoms in total. The van der Waals surface area contributed by atoms with Gasteiger partial charge in [-0.3, -0.25) is 9.59 Å². The van der Waals surface area contributed by atoms with Crippen molar-refractivity contribution in [1.82, 2.24) is 9.80 Å². The molecule has 1 aromatic heterocycles. The second-order valence-electron chi connectivity index (χ2n) is 5.75. The van der Waals surface area contributed by atoms with Gasteiger partial charge in [-0.1, -0.05) is 30.3 Å². The van der Waals surface area contributed by atoms with Crippen LogP contribution in [-0.4, -0.2) is 47.8 Å². The highest BCUT2D eigenvalue weighted by molar-refractivity contribution is 7.12. The second kappa shape index (κ2) is 6.96. The molecular weight excluding hydrogens is 308 g/mol. The first kappa shape index (κ1) is 15.7. The number of piperazine rings is 1. The Morgan fingerprint density at radius 2 is 1.70 bits per heavy atom. The molecule has 0 aliphatic carbocycles. The van der Waals surface area contributed by atoms with E-state index in [-0.39, 0.29) is 11.8 Å². The Morgan fingerprint density at radius 3 is 2.35 bits per heavy atom. The van der Waals surface area contributed by atoms with Crippen molar-refractivity contribution in [1.29, 1.82) is 0 Å². The summed E-state index contributed by atoms with van der Waals surface area (Å²) in [6.07, 6.45) is 0.436. The van der Waals surface area contributed by atoms with Crippen LogP contribution in [0.3, 0.4) is 0 Å². The van der Waals surface area contributed by atoms with E-state index >= 15 is 0 Å². The summed E-state index contributed by atoms with van der Waals surface area (Å²) in [4.78, 5) is 29.2. The van der Waals surface area contributed by atoms with E-state index in [1.165, 1.54) is 11.3 Å². The summed E-state index contributed by atoms with van der Waals surface area (Å²) in [5.41, 5.74) is 2.22. The molecule has 0 radical (unpaired) electrons. The number of rotatable bonds is 3. The lowest BCUT2D eigenvalue weighted by Gasteiger charge is -2.34. The van der Waals surface area contributed by atoms with Gasteiger partial charge in [-0.05, 0) is 29.5 Å². The topological polar surface area (TPSA) is 40.6 Å². The van der Waals surface area contributed by atoms with Crippen molar-refractivity contribution in [2.45, 2.75) is 13.3 Å². The fourth-order valence-corrected chi connectivity index (χ4v) is 3.49. The van der Waals surface area contributed by atoms with E-state index in [9.17, 15) is 9.59 Å². The predicted molar refractivity (Wildman–Crippen MR) is 91.7 cm³/mol. The van der Waals surface area contributed by atoms with E-state index in [4.69, 9.17) is 0 Å². The number of hydrogen-bond donors (Lipinski definition) is 0. The molecule has 1 fully saturated rings. The number of nitrogens with zero attached hydrogens (tertiary/aromatic N) is 2. The lowest BCUT2D eigenvalue weighted by Crippen LogP contribution is -2.50. The minimum atomic E-state index is 0.0750. The molecule has 0 atom stereocenters. The Balaban J connectivity index is 1.55. The summed E-state index contributed by atoms with van der Waals surface area (Å²) in [5.74, 6) is 0.216. The van der Waals surface area contributed by atoms with Gasteiger partial charge in [0.1, 0.15) is 0 Å². The smallest absolute Gasteiger partial charge is 0.264 e. The minimum absolute atomic E-state index is 0.0750. The Labute approximate surface area is 140 Å². The Kier molecular flexibility index (Phi) is 4.76. The largest absolute Gasteiger partial charge is 0.339 e. The maximum absolute atomic E-state index is 12.4. The molecule has 1 saturated heterocycles. The molecular formula is C18H20N2O2S. The van der Waals surface area contributed by atoms with E-state index < -0.39 is 0 Å². The van der Waals surface area contributed by atoms with Crippen LogP contribution in [0.15, 0.2) is 41.8 Å². The van der Waals surface area contributed by atoms with E-state index in [2.05, 4.69) is 0 Å². The van der Waals surface area contributed by atoms with Gasteiger partial charge in [0.2, 0.25) is 5.91 Å². The van der Waals surface area contributed by atoms with Gasteiger partial charge in [0.05, 0.1) is 11.3 Å². The van der Waals surface area contributed by atoms with Crippen LogP contribution >= 0.6 is 11.3 Å². The van der Waals surface area contributed by atoms with Crippen molar-refractivity contribution in [2.24, 2.45) is 0 Å². The maximum Gasteiger partial charge on any atom is 0.264 e. The van der Waals surface area contributed by atoms with E-state index in [1.54, 1.807) is 0 Å². The minimum Gasteiger partial charge on any atom is -0.339 e. The third-order valence-electron chi connectivity index (χ3n) is 4.25. The van der Waals surface area contributed by atoms with Gasteiger partial charge in [-0.15, -0.1) is 11.3 Å². The number of carbonyl (C=O) groups is 2. The van der Waals surface area contributed by atoms with Crippen LogP contribution in [0, 0.1) is 6.92 Å². The van der Waals surface area contributed by atoms with Gasteiger partial charge in [0.25, 0.3) is 5.91 Å². The highest BCUT2D eigenvalue weighted by atomic mass is 32.1. The predicted octanol–water partition coefficient (Wildman–Crippen LogP) is 2.58. The van der Waals surface area contributed by atoms with Crippen LogP contribution in [0.2, 0.25) is 0 Å². The molecule has 3 rings (SSSR count). The van der Waals surface area contributed by atoms with Gasteiger partial charge < -0.3 is 9.80 Å². The highest BCUT2D eigenvalue weighted by Gasteiger charge is 2.25. The lowest BCUT2D eigenvalue weighted by molar-refractivity contribution is -0.131. The third kappa shape index (κ3) is 3.62. The van der Waals surface area contributed by atoms with Crippen molar-refractivity contribution >= 4 is 23.2 Å². The summed E-state index contributed by atoms with van der Waals surface area (Å²) >= 11 is 1.46. The molecule has 1 aromatic carbocycles. The standard InChI is InChI=1S/C18H20N2O2S/c1-14-5-2-3-6-15(14)13-17(21)19-8-10-20(11-9-19)18(22)16-7-4-12-23-16/h2-7,12H,8-11,13H2,1H3. The van der Waals surface area contributed by atoms with Gasteiger partial charge in [-0.2, -0.15) is 0 Å². The Hall–Kier alpha value is -2.14. The number of aryl methyl sites for hydroxylation is 1. The monoisotopic (exact) mass is 328 g/mol. The summed E-state index contributed by atoms with van der Waals surface area (Å²) < 4.78 is 0. The fourth-order valence-electron chi connectivity index (χ4n) is 2.80. The summed E-state index contributed by atoms with van der Waals surface area (Å²) in [6, 6.07) is 11.7. The van der Waals surface area contributed by atoms with E-state index in [0.717, 1.165) is 16.0 Å². The quantitative estimate of drug-likeness (QED) is 0.869. The summed E-state index contributed by atoms with van der Waals surface area (Å²) in [6.45, 7) is 4.47. The Morgan fingerprint density at radius 1 is 1.00 bits per heavy atom. The molecule has 0 spiro atoms. The van der Waals surface area contributed by atoms with Crippen molar-refractivity contribution in [3.8, 4) is 0 Å². The van der Waals surface area contributed by atoms with E-state index in [1.807, 2.05) is 58.5 Å². The first-order valence-corrected chi connectivity index (χ1v) is 8.68. The van der Waals surface area contributed by atoms with Gasteiger partial charge >= 0.3 is 0 Å². The molecule has 0 bridgehead atoms. The molecule has 0 N–H and O–H groups in total. The zero-order valence-electron chi connectivity index (χ0n) is 13.2. The molecule has 2 aromatic rings. The lowest BCUT2D eigenvalue weighted by atomic mass is 10.1. The van der Waals surface area contributed by atoms with Crippen LogP contribution in [0.25, 0.3) is 0 Å². The summed E-state index contributed by atoms with van der Waals surface area (Å²) in [5, 5.41) is 1.91. The van der Waals surface area contributed by atoms with Crippen LogP contribution in [0.4, 0.5) is 0 Å². The molecule has 0 unspecified atom stereocenters. The number of thiophene rings is 1. The molecule has 1 aliphatic rings. The van der Waals surface area contributed by atoms with Crippen LogP contribution in [-0.2, 0) is 11.2 Å². The number of hydrogen-bond acceptors (Lipinski definition) is 3. The normalized spacial score (nSPS) is 14.8. The van der Waals surface area contributed by atoms with Crippen LogP contribution < -0.4 is 0 Å². The number of carbonyl (C=O) groups excluding carboxylic acids is 2. The van der Waals surface area contributed by atoms with Crippen molar-refractivity contribution in [3.05, 3.63) is 57.8 Å². The van der Waals surface area contributed by atoms with Gasteiger partial charge in [0, 0.05) is 26.2 Å². The average Bonchev–Trinajstić information content (AvgIpc) is 3.11. The molecule has 2 amide bonds. The average molecular weight is 328 g/mol. The van der Waals surface area contributed by atoms with Crippen LogP contribution in [0.1, 0.15) is 20.8 Å². The first-order chi connectivity index (χ1) is 11.1. The third-order valence-corrected chi connectivity index (χ3v) is 5.11. The second-order valence-corrected chi connectivity index (χ2v) is 6.70. The maximum atomic E-state index is 12.4. The number of benzene rings is 1. The SMILES string of the molecule is Cc1ccccc1CC(=O)N1CCN(C(=O)c2cccs2)CC1. The van der Waals surface area contributed by atoms with Crippen molar-refractivity contribution < 1.29 is 9.59 Å². The molecule has 2 heterocycles. The highest BCUT2D eigenvalue weighted by Crippen LogP contribution is 2.15. The summed E-state index contributed by atoms with van der Waals surface area (Å²) in [7, 11) is 0. The zero-order chi connectivity index (χ0) is 16.2. The van der Waals surface area contributed by atoms with Crippen molar-refractivity contribution in [3.63, 3.8) is 0 Å². The number of amides is 2. The molecule has 5 heteroatoms. The zero-order valence-corrected chi connectivity index (χ0v) is 14.0.